The number of ether oxygens (including phenoxy) is 1. The molecule has 0 saturated carbocycles. The second-order valence-corrected chi connectivity index (χ2v) is 4.19. The van der Waals surface area contributed by atoms with Crippen LogP contribution in [0.5, 0.6) is 0 Å². The van der Waals surface area contributed by atoms with E-state index < -0.39 is 0 Å². The molecule has 1 amide bonds. The zero-order chi connectivity index (χ0) is 12.0. The number of hydrogen-bond acceptors (Lipinski definition) is 3. The number of piperidine rings is 1. The van der Waals surface area contributed by atoms with E-state index in [1.54, 1.807) is 13.2 Å². The van der Waals surface area contributed by atoms with Crippen LogP contribution in [0.4, 0.5) is 0 Å². The van der Waals surface area contributed by atoms with Gasteiger partial charge in [0.05, 0.1) is 6.10 Å². The maximum absolute atomic E-state index is 11.9. The SMILES string of the molecule is C=CCCC(=O)N1CCC(OC)CC1CN. The first-order valence-electron chi connectivity index (χ1n) is 5.86. The number of likely N-dealkylation sites (tertiary alicyclic amines) is 1. The predicted octanol–water partition coefficient (Wildman–Crippen LogP) is 0.917. The van der Waals surface area contributed by atoms with Crippen molar-refractivity contribution >= 4 is 5.91 Å². The Hall–Kier alpha value is -0.870. The van der Waals surface area contributed by atoms with Gasteiger partial charge in [-0.1, -0.05) is 6.08 Å². The van der Waals surface area contributed by atoms with Gasteiger partial charge in [-0.3, -0.25) is 4.79 Å². The first kappa shape index (κ1) is 13.2. The molecule has 0 spiro atoms. The number of hydrogen-bond donors (Lipinski definition) is 1. The summed E-state index contributed by atoms with van der Waals surface area (Å²) in [5, 5.41) is 0. The first-order chi connectivity index (χ1) is 7.72. The topological polar surface area (TPSA) is 55.6 Å². The molecule has 1 aliphatic heterocycles. The van der Waals surface area contributed by atoms with Crippen molar-refractivity contribution in [2.24, 2.45) is 5.73 Å². The van der Waals surface area contributed by atoms with Gasteiger partial charge in [-0.2, -0.15) is 0 Å². The van der Waals surface area contributed by atoms with Crippen molar-refractivity contribution in [2.75, 3.05) is 20.2 Å². The number of rotatable bonds is 5. The maximum Gasteiger partial charge on any atom is 0.223 e. The van der Waals surface area contributed by atoms with Crippen LogP contribution in [0.15, 0.2) is 12.7 Å². The van der Waals surface area contributed by atoms with Crippen LogP contribution in [-0.2, 0) is 9.53 Å². The normalized spacial score (nSPS) is 25.5. The zero-order valence-electron chi connectivity index (χ0n) is 10.0. The number of allylic oxidation sites excluding steroid dienone is 1. The smallest absolute Gasteiger partial charge is 0.223 e. The van der Waals surface area contributed by atoms with E-state index in [4.69, 9.17) is 10.5 Å². The fraction of sp³-hybridized carbons (Fsp3) is 0.750. The van der Waals surface area contributed by atoms with Crippen LogP contribution in [0.25, 0.3) is 0 Å². The number of nitrogens with zero attached hydrogens (tertiary/aromatic N) is 1. The molecule has 0 aromatic heterocycles. The fourth-order valence-corrected chi connectivity index (χ4v) is 2.15. The van der Waals surface area contributed by atoms with Crippen molar-refractivity contribution < 1.29 is 9.53 Å². The van der Waals surface area contributed by atoms with E-state index in [0.717, 1.165) is 25.8 Å². The number of nitrogens with two attached hydrogens (primary N) is 1. The molecule has 4 nitrogen and oxygen atoms in total. The van der Waals surface area contributed by atoms with Gasteiger partial charge >= 0.3 is 0 Å². The lowest BCUT2D eigenvalue weighted by molar-refractivity contribution is -0.136. The Morgan fingerprint density at radius 2 is 2.44 bits per heavy atom. The molecular formula is C12H22N2O2. The quantitative estimate of drug-likeness (QED) is 0.709. The molecule has 1 rings (SSSR count). The van der Waals surface area contributed by atoms with Crippen LogP contribution in [0.1, 0.15) is 25.7 Å². The lowest BCUT2D eigenvalue weighted by Crippen LogP contribution is -2.51. The van der Waals surface area contributed by atoms with Crippen LogP contribution < -0.4 is 5.73 Å². The minimum absolute atomic E-state index is 0.135. The van der Waals surface area contributed by atoms with Gasteiger partial charge in [0.1, 0.15) is 0 Å². The Balaban J connectivity index is 2.51. The molecule has 92 valence electrons. The van der Waals surface area contributed by atoms with Crippen LogP contribution in [0.2, 0.25) is 0 Å². The van der Waals surface area contributed by atoms with Gasteiger partial charge in [-0.25, -0.2) is 0 Å². The van der Waals surface area contributed by atoms with Crippen LogP contribution in [0, 0.1) is 0 Å². The summed E-state index contributed by atoms with van der Waals surface area (Å²) < 4.78 is 5.32. The molecule has 1 fully saturated rings. The summed E-state index contributed by atoms with van der Waals surface area (Å²) in [5.74, 6) is 0.185. The minimum Gasteiger partial charge on any atom is -0.381 e. The van der Waals surface area contributed by atoms with Crippen LogP contribution in [0.3, 0.4) is 0 Å². The molecule has 0 radical (unpaired) electrons. The van der Waals surface area contributed by atoms with E-state index in [0.29, 0.717) is 13.0 Å². The van der Waals surface area contributed by atoms with E-state index in [1.165, 1.54) is 0 Å². The monoisotopic (exact) mass is 226 g/mol. The minimum atomic E-state index is 0.135. The predicted molar refractivity (Wildman–Crippen MR) is 64.0 cm³/mol. The van der Waals surface area contributed by atoms with Crippen LogP contribution in [-0.4, -0.2) is 43.2 Å². The average Bonchev–Trinajstić information content (AvgIpc) is 2.34. The second-order valence-electron chi connectivity index (χ2n) is 4.19. The molecule has 0 aromatic rings. The molecule has 2 N–H and O–H groups in total. The van der Waals surface area contributed by atoms with Gasteiger partial charge in [0.25, 0.3) is 0 Å². The number of methoxy groups -OCH3 is 1. The van der Waals surface area contributed by atoms with Gasteiger partial charge in [0, 0.05) is 32.7 Å². The summed E-state index contributed by atoms with van der Waals surface area (Å²) in [7, 11) is 1.72. The molecular weight excluding hydrogens is 204 g/mol. The highest BCUT2D eigenvalue weighted by molar-refractivity contribution is 5.76. The Morgan fingerprint density at radius 1 is 1.69 bits per heavy atom. The molecule has 16 heavy (non-hydrogen) atoms. The number of amides is 1. The average molecular weight is 226 g/mol. The summed E-state index contributed by atoms with van der Waals surface area (Å²) >= 11 is 0. The van der Waals surface area contributed by atoms with Gasteiger partial charge in [0.2, 0.25) is 5.91 Å². The Kier molecular flexibility index (Phi) is 5.49. The zero-order valence-corrected chi connectivity index (χ0v) is 10.0. The summed E-state index contributed by atoms with van der Waals surface area (Å²) in [6, 6.07) is 0.135. The second kappa shape index (κ2) is 6.66. The lowest BCUT2D eigenvalue weighted by Gasteiger charge is -2.38. The highest BCUT2D eigenvalue weighted by atomic mass is 16.5. The van der Waals surface area contributed by atoms with Crippen LogP contribution >= 0.6 is 0 Å². The largest absolute Gasteiger partial charge is 0.381 e. The Morgan fingerprint density at radius 3 is 3.00 bits per heavy atom. The van der Waals surface area contributed by atoms with Crippen molar-refractivity contribution in [3.05, 3.63) is 12.7 Å². The molecule has 2 unspecified atom stereocenters. The third-order valence-corrected chi connectivity index (χ3v) is 3.16. The fourth-order valence-electron chi connectivity index (χ4n) is 2.15. The Bertz CT molecular complexity index is 243. The summed E-state index contributed by atoms with van der Waals surface area (Å²) in [6.07, 6.45) is 5.06. The van der Waals surface area contributed by atoms with Gasteiger partial charge in [-0.05, 0) is 19.3 Å². The summed E-state index contributed by atoms with van der Waals surface area (Å²) in [4.78, 5) is 13.8. The number of carbonyl (C=O) groups excluding carboxylic acids is 1. The highest BCUT2D eigenvalue weighted by Crippen LogP contribution is 2.20. The third kappa shape index (κ3) is 3.32. The molecule has 1 aliphatic rings. The molecule has 0 aromatic carbocycles. The van der Waals surface area contributed by atoms with Crippen molar-refractivity contribution in [3.8, 4) is 0 Å². The molecule has 0 aliphatic carbocycles. The van der Waals surface area contributed by atoms with Crippen molar-refractivity contribution in [1.82, 2.24) is 4.90 Å². The van der Waals surface area contributed by atoms with E-state index in [-0.39, 0.29) is 18.1 Å². The first-order valence-corrected chi connectivity index (χ1v) is 5.86. The van der Waals surface area contributed by atoms with E-state index in [9.17, 15) is 4.79 Å². The number of carbonyl (C=O) groups is 1. The molecule has 0 bridgehead atoms. The summed E-state index contributed by atoms with van der Waals surface area (Å²) in [6.45, 7) is 4.90. The van der Waals surface area contributed by atoms with Crippen molar-refractivity contribution in [1.29, 1.82) is 0 Å². The van der Waals surface area contributed by atoms with Crippen molar-refractivity contribution in [3.63, 3.8) is 0 Å². The highest BCUT2D eigenvalue weighted by Gasteiger charge is 2.30. The van der Waals surface area contributed by atoms with Gasteiger partial charge in [0.15, 0.2) is 0 Å². The van der Waals surface area contributed by atoms with E-state index >= 15 is 0 Å². The third-order valence-electron chi connectivity index (χ3n) is 3.16. The Labute approximate surface area is 97.4 Å². The van der Waals surface area contributed by atoms with E-state index in [1.807, 2.05) is 4.90 Å². The van der Waals surface area contributed by atoms with E-state index in [2.05, 4.69) is 6.58 Å². The standard InChI is InChI=1S/C12H22N2O2/c1-3-4-5-12(15)14-7-6-11(16-2)8-10(14)9-13/h3,10-11H,1,4-9,13H2,2H3. The lowest BCUT2D eigenvalue weighted by atomic mass is 9.98. The maximum atomic E-state index is 11.9. The summed E-state index contributed by atoms with van der Waals surface area (Å²) in [5.41, 5.74) is 5.71. The molecule has 1 saturated heterocycles. The molecule has 2 atom stereocenters. The van der Waals surface area contributed by atoms with Gasteiger partial charge in [-0.15, -0.1) is 6.58 Å². The molecule has 1 heterocycles. The molecule has 4 heteroatoms. The van der Waals surface area contributed by atoms with Gasteiger partial charge < -0.3 is 15.4 Å². The van der Waals surface area contributed by atoms with Crippen molar-refractivity contribution in [2.45, 2.75) is 37.8 Å².